The van der Waals surface area contributed by atoms with Crippen LogP contribution in [0, 0.1) is 18.3 Å². The summed E-state index contributed by atoms with van der Waals surface area (Å²) in [6.45, 7) is 4.03. The van der Waals surface area contributed by atoms with Crippen LogP contribution in [0.3, 0.4) is 0 Å². The number of H-pyrrole nitrogens is 1. The quantitative estimate of drug-likeness (QED) is 0.303. The summed E-state index contributed by atoms with van der Waals surface area (Å²) in [5.41, 5.74) is 5.98. The highest BCUT2D eigenvalue weighted by molar-refractivity contribution is 6.06. The summed E-state index contributed by atoms with van der Waals surface area (Å²) in [5.74, 6) is 1.35. The Morgan fingerprint density at radius 2 is 1.80 bits per heavy atom. The Labute approximate surface area is 208 Å². The molecule has 176 valence electrons. The molecular formula is C27H24ClN5O2. The zero-order chi connectivity index (χ0) is 23.1. The number of nitrogens with one attached hydrogen (secondary N) is 1. The summed E-state index contributed by atoms with van der Waals surface area (Å²) in [7, 11) is 0. The molecule has 35 heavy (non-hydrogen) atoms. The van der Waals surface area contributed by atoms with Crippen molar-refractivity contribution in [1.82, 2.24) is 15.2 Å². The van der Waals surface area contributed by atoms with Crippen LogP contribution in [0.4, 0.5) is 5.69 Å². The smallest absolute Gasteiger partial charge is 0.182 e. The van der Waals surface area contributed by atoms with Gasteiger partial charge in [-0.1, -0.05) is 12.1 Å². The molecule has 0 bridgehead atoms. The molecule has 1 aromatic carbocycles. The number of aromatic nitrogens is 3. The van der Waals surface area contributed by atoms with E-state index in [1.807, 2.05) is 25.1 Å². The first kappa shape index (κ1) is 22.8. The lowest BCUT2D eigenvalue weighted by atomic mass is 9.92. The highest BCUT2D eigenvalue weighted by Crippen LogP contribution is 2.41. The maximum atomic E-state index is 10.3. The van der Waals surface area contributed by atoms with E-state index >= 15 is 0 Å². The number of aryl methyl sites for hydroxylation is 1. The second-order valence-electron chi connectivity index (χ2n) is 8.58. The Hall–Kier alpha value is -4.02. The zero-order valence-electron chi connectivity index (χ0n) is 19.2. The Kier molecular flexibility index (Phi) is 6.06. The number of benzene rings is 1. The predicted octanol–water partition coefficient (Wildman–Crippen LogP) is 6.74. The molecule has 5 aromatic rings. The van der Waals surface area contributed by atoms with E-state index in [4.69, 9.17) is 13.8 Å². The Morgan fingerprint density at radius 3 is 2.46 bits per heavy atom. The van der Waals surface area contributed by atoms with E-state index < -0.39 is 0 Å². The number of fused-ring (bicyclic) bond motifs is 1. The second-order valence-corrected chi connectivity index (χ2v) is 8.58. The van der Waals surface area contributed by atoms with E-state index in [0.717, 1.165) is 35.2 Å². The largest absolute Gasteiger partial charge is 0.469 e. The summed E-state index contributed by atoms with van der Waals surface area (Å²) in [6, 6.07) is 16.4. The van der Waals surface area contributed by atoms with Crippen LogP contribution in [0.1, 0.15) is 30.6 Å². The summed E-state index contributed by atoms with van der Waals surface area (Å²) in [4.78, 5) is 7.21. The van der Waals surface area contributed by atoms with E-state index in [0.29, 0.717) is 34.1 Å². The molecule has 8 heteroatoms. The average Bonchev–Trinajstić information content (AvgIpc) is 3.64. The van der Waals surface area contributed by atoms with Gasteiger partial charge in [0.25, 0.3) is 0 Å². The van der Waals surface area contributed by atoms with Crippen LogP contribution in [0.25, 0.3) is 44.9 Å². The van der Waals surface area contributed by atoms with Crippen molar-refractivity contribution >= 4 is 29.1 Å². The fourth-order valence-corrected chi connectivity index (χ4v) is 4.87. The van der Waals surface area contributed by atoms with Gasteiger partial charge in [-0.2, -0.15) is 10.4 Å². The molecule has 0 aliphatic carbocycles. The van der Waals surface area contributed by atoms with Crippen LogP contribution >= 0.6 is 12.4 Å². The Bertz CT molecular complexity index is 1500. The molecular weight excluding hydrogens is 462 g/mol. The van der Waals surface area contributed by atoms with E-state index in [-0.39, 0.29) is 12.4 Å². The lowest BCUT2D eigenvalue weighted by molar-refractivity contribution is 0.535. The second kappa shape index (κ2) is 9.32. The number of rotatable bonds is 4. The lowest BCUT2D eigenvalue weighted by Crippen LogP contribution is -2.29. The molecule has 5 heterocycles. The van der Waals surface area contributed by atoms with Gasteiger partial charge in [-0.05, 0) is 62.1 Å². The van der Waals surface area contributed by atoms with Gasteiger partial charge in [0.05, 0.1) is 29.2 Å². The third-order valence-corrected chi connectivity index (χ3v) is 6.57. The van der Waals surface area contributed by atoms with Gasteiger partial charge in [0, 0.05) is 29.9 Å². The maximum absolute atomic E-state index is 10.3. The van der Waals surface area contributed by atoms with Crippen molar-refractivity contribution in [3.05, 3.63) is 66.3 Å². The van der Waals surface area contributed by atoms with Crippen molar-refractivity contribution in [2.75, 3.05) is 18.0 Å². The zero-order valence-corrected chi connectivity index (χ0v) is 20.1. The van der Waals surface area contributed by atoms with Crippen molar-refractivity contribution in [3.8, 4) is 39.9 Å². The number of hydrogen-bond acceptors (Lipinski definition) is 6. The SMILES string of the molecule is Cc1occc1-c1nc2n[nH]c(-c3ccco3)c2c(-c2ccc(N3CCCCC3)cc2)c1C#N.Cl. The van der Waals surface area contributed by atoms with E-state index in [1.165, 1.54) is 24.9 Å². The number of furan rings is 2. The summed E-state index contributed by atoms with van der Waals surface area (Å²) < 4.78 is 11.2. The monoisotopic (exact) mass is 485 g/mol. The van der Waals surface area contributed by atoms with E-state index in [2.05, 4.69) is 45.4 Å². The van der Waals surface area contributed by atoms with Crippen LogP contribution in [0.5, 0.6) is 0 Å². The van der Waals surface area contributed by atoms with Crippen molar-refractivity contribution in [3.63, 3.8) is 0 Å². The molecule has 1 aliphatic rings. The molecule has 1 fully saturated rings. The number of aromatic amines is 1. The highest BCUT2D eigenvalue weighted by atomic mass is 35.5. The van der Waals surface area contributed by atoms with Crippen molar-refractivity contribution in [1.29, 1.82) is 5.26 Å². The Morgan fingerprint density at radius 1 is 1.00 bits per heavy atom. The first-order chi connectivity index (χ1) is 16.7. The number of hydrogen-bond donors (Lipinski definition) is 1. The molecule has 0 radical (unpaired) electrons. The normalized spacial score (nSPS) is 13.5. The van der Waals surface area contributed by atoms with Crippen LogP contribution in [-0.4, -0.2) is 28.3 Å². The van der Waals surface area contributed by atoms with Crippen LogP contribution < -0.4 is 4.90 Å². The van der Waals surface area contributed by atoms with Crippen molar-refractivity contribution in [2.24, 2.45) is 0 Å². The standard InChI is InChI=1S/C27H23N5O2.ClH/c1-17-20(11-15-33-17)25-21(16-28)23(18-7-9-19(10-8-18)32-12-3-2-4-13-32)24-26(22-6-5-14-34-22)30-31-27(24)29-25;/h5-11,14-15H,2-4,12-13H2,1H3,(H,29,30,31);1H. The molecule has 0 spiro atoms. The number of nitriles is 1. The van der Waals surface area contributed by atoms with Gasteiger partial charge in [0.2, 0.25) is 0 Å². The van der Waals surface area contributed by atoms with Gasteiger partial charge in [0.15, 0.2) is 11.4 Å². The summed E-state index contributed by atoms with van der Waals surface area (Å²) in [6.07, 6.45) is 6.97. The van der Waals surface area contributed by atoms with Gasteiger partial charge in [-0.25, -0.2) is 4.98 Å². The van der Waals surface area contributed by atoms with Crippen molar-refractivity contribution < 1.29 is 8.83 Å². The number of nitrogens with zero attached hydrogens (tertiary/aromatic N) is 4. The van der Waals surface area contributed by atoms with Gasteiger partial charge in [-0.3, -0.25) is 5.10 Å². The number of piperidine rings is 1. The third kappa shape index (κ3) is 3.86. The number of pyridine rings is 1. The molecule has 1 aliphatic heterocycles. The molecule has 1 N–H and O–H groups in total. The number of anilines is 1. The molecule has 0 atom stereocenters. The van der Waals surface area contributed by atoms with Crippen LogP contribution in [0.15, 0.2) is 63.8 Å². The minimum atomic E-state index is 0. The first-order valence-corrected chi connectivity index (χ1v) is 11.5. The van der Waals surface area contributed by atoms with Gasteiger partial charge in [0.1, 0.15) is 17.5 Å². The topological polar surface area (TPSA) is 94.9 Å². The predicted molar refractivity (Wildman–Crippen MR) is 137 cm³/mol. The molecule has 7 nitrogen and oxygen atoms in total. The molecule has 6 rings (SSSR count). The summed E-state index contributed by atoms with van der Waals surface area (Å²) in [5, 5.41) is 18.7. The van der Waals surface area contributed by atoms with Gasteiger partial charge >= 0.3 is 0 Å². The average molecular weight is 486 g/mol. The number of halogens is 1. The highest BCUT2D eigenvalue weighted by Gasteiger charge is 2.25. The molecule has 0 amide bonds. The Balaban J connectivity index is 0.00000253. The molecule has 4 aromatic heterocycles. The lowest BCUT2D eigenvalue weighted by Gasteiger charge is -2.29. The fraction of sp³-hybridized carbons (Fsp3) is 0.222. The van der Waals surface area contributed by atoms with Gasteiger partial charge in [-0.15, -0.1) is 12.4 Å². The minimum Gasteiger partial charge on any atom is -0.469 e. The first-order valence-electron chi connectivity index (χ1n) is 11.5. The fourth-order valence-electron chi connectivity index (χ4n) is 4.87. The minimum absolute atomic E-state index is 0. The summed E-state index contributed by atoms with van der Waals surface area (Å²) >= 11 is 0. The molecule has 0 saturated carbocycles. The van der Waals surface area contributed by atoms with Crippen LogP contribution in [-0.2, 0) is 0 Å². The maximum Gasteiger partial charge on any atom is 0.182 e. The van der Waals surface area contributed by atoms with Crippen molar-refractivity contribution in [2.45, 2.75) is 26.2 Å². The van der Waals surface area contributed by atoms with Crippen LogP contribution in [0.2, 0.25) is 0 Å². The molecule has 0 unspecified atom stereocenters. The van der Waals surface area contributed by atoms with E-state index in [9.17, 15) is 5.26 Å². The van der Waals surface area contributed by atoms with Gasteiger partial charge < -0.3 is 13.7 Å². The third-order valence-electron chi connectivity index (χ3n) is 6.57. The van der Waals surface area contributed by atoms with E-state index in [1.54, 1.807) is 12.5 Å². The molecule has 1 saturated heterocycles.